The SMILES string of the molecule is CC(C)N1CCN([C@@H](C(=O)Nc2nnc(N[C@@H]3CCN(c4cc(C(=O)O)cnn4)C3)s2)C2CCC(C)(C)CC2)CC1. The number of hydrogen-bond donors (Lipinski definition) is 3. The van der Waals surface area contributed by atoms with E-state index in [0.717, 1.165) is 64.8 Å². The summed E-state index contributed by atoms with van der Waals surface area (Å²) in [6.07, 6.45) is 6.50. The highest BCUT2D eigenvalue weighted by molar-refractivity contribution is 7.19. The standard InChI is InChI=1S/C28H43N9O3S/c1-18(2)35-11-13-36(14-12-35)23(19-5-8-28(3,4)9-6-19)24(38)31-27-34-33-26(41-27)30-21-7-10-37(17-21)22-15-20(25(39)40)16-29-32-22/h15-16,18-19,21,23H,5-14,17H2,1-4H3,(H,30,33)(H,39,40)(H,31,34,38)/t21-,23-/m1/s1. The van der Waals surface area contributed by atoms with Gasteiger partial charge in [0.25, 0.3) is 0 Å². The van der Waals surface area contributed by atoms with E-state index < -0.39 is 5.97 Å². The Labute approximate surface area is 245 Å². The van der Waals surface area contributed by atoms with E-state index in [9.17, 15) is 14.7 Å². The van der Waals surface area contributed by atoms with Gasteiger partial charge in [0, 0.05) is 51.4 Å². The van der Waals surface area contributed by atoms with Gasteiger partial charge >= 0.3 is 5.97 Å². The van der Waals surface area contributed by atoms with Crippen LogP contribution in [-0.2, 0) is 4.79 Å². The van der Waals surface area contributed by atoms with Gasteiger partial charge in [-0.3, -0.25) is 19.9 Å². The number of carbonyl (C=O) groups is 2. The minimum atomic E-state index is -1.02. The monoisotopic (exact) mass is 585 g/mol. The van der Waals surface area contributed by atoms with Crippen LogP contribution in [-0.4, -0.2) is 105 Å². The molecule has 3 aliphatic rings. The molecular weight excluding hydrogens is 542 g/mol. The first-order chi connectivity index (χ1) is 19.6. The van der Waals surface area contributed by atoms with Crippen molar-refractivity contribution in [3.63, 3.8) is 0 Å². The molecule has 3 N–H and O–H groups in total. The molecule has 4 heterocycles. The number of nitrogens with zero attached hydrogens (tertiary/aromatic N) is 7. The Kier molecular flexibility index (Phi) is 9.05. The molecule has 0 radical (unpaired) electrons. The average molecular weight is 586 g/mol. The highest BCUT2D eigenvalue weighted by Crippen LogP contribution is 2.40. The molecule has 0 aromatic carbocycles. The number of rotatable bonds is 9. The lowest BCUT2D eigenvalue weighted by atomic mass is 9.70. The van der Waals surface area contributed by atoms with Crippen LogP contribution in [0.4, 0.5) is 16.1 Å². The first-order valence-electron chi connectivity index (χ1n) is 14.8. The van der Waals surface area contributed by atoms with E-state index >= 15 is 0 Å². The van der Waals surface area contributed by atoms with Gasteiger partial charge in [-0.25, -0.2) is 4.79 Å². The summed E-state index contributed by atoms with van der Waals surface area (Å²) in [5.41, 5.74) is 0.461. The molecule has 0 unspecified atom stereocenters. The molecule has 13 heteroatoms. The lowest BCUT2D eigenvalue weighted by molar-refractivity contribution is -0.125. The Morgan fingerprint density at radius 2 is 1.68 bits per heavy atom. The number of piperazine rings is 1. The highest BCUT2D eigenvalue weighted by atomic mass is 32.1. The van der Waals surface area contributed by atoms with Crippen molar-refractivity contribution in [2.24, 2.45) is 11.3 Å². The van der Waals surface area contributed by atoms with Crippen molar-refractivity contribution < 1.29 is 14.7 Å². The number of carbonyl (C=O) groups excluding carboxylic acids is 1. The number of carboxylic acids is 1. The second-order valence-corrected chi connectivity index (χ2v) is 13.7. The Bertz CT molecular complexity index is 1200. The van der Waals surface area contributed by atoms with Crippen LogP contribution in [0, 0.1) is 11.3 Å². The first kappa shape index (κ1) is 29.6. The van der Waals surface area contributed by atoms with Gasteiger partial charge in [-0.2, -0.15) is 5.10 Å². The van der Waals surface area contributed by atoms with Crippen LogP contribution in [0.3, 0.4) is 0 Å². The van der Waals surface area contributed by atoms with Gasteiger partial charge in [0.15, 0.2) is 5.82 Å². The molecule has 12 nitrogen and oxygen atoms in total. The van der Waals surface area contributed by atoms with Crippen molar-refractivity contribution in [1.82, 2.24) is 30.2 Å². The van der Waals surface area contributed by atoms with Crippen LogP contribution < -0.4 is 15.5 Å². The molecule has 1 aliphatic carbocycles. The molecule has 1 saturated carbocycles. The summed E-state index contributed by atoms with van der Waals surface area (Å²) in [7, 11) is 0. The lowest BCUT2D eigenvalue weighted by Gasteiger charge is -2.45. The predicted octanol–water partition coefficient (Wildman–Crippen LogP) is 3.27. The van der Waals surface area contributed by atoms with E-state index in [4.69, 9.17) is 0 Å². The second kappa shape index (κ2) is 12.5. The van der Waals surface area contributed by atoms with E-state index in [1.165, 1.54) is 17.5 Å². The number of aromatic carboxylic acids is 1. The molecule has 5 rings (SSSR count). The van der Waals surface area contributed by atoms with Crippen molar-refractivity contribution in [1.29, 1.82) is 0 Å². The average Bonchev–Trinajstić information content (AvgIpc) is 3.60. The minimum absolute atomic E-state index is 0.0272. The summed E-state index contributed by atoms with van der Waals surface area (Å²) in [5, 5.41) is 33.5. The molecule has 2 aliphatic heterocycles. The maximum Gasteiger partial charge on any atom is 0.337 e. The normalized spacial score (nSPS) is 23.0. The van der Waals surface area contributed by atoms with Gasteiger partial charge in [0.05, 0.1) is 17.8 Å². The summed E-state index contributed by atoms with van der Waals surface area (Å²) in [4.78, 5) is 32.0. The quantitative estimate of drug-likeness (QED) is 0.399. The van der Waals surface area contributed by atoms with Crippen LogP contribution in [0.2, 0.25) is 0 Å². The molecular formula is C28H43N9O3S. The van der Waals surface area contributed by atoms with Gasteiger partial charge in [-0.05, 0) is 63.4 Å². The third-order valence-electron chi connectivity index (χ3n) is 8.96. The van der Waals surface area contributed by atoms with E-state index in [1.54, 1.807) is 6.07 Å². The number of anilines is 3. The van der Waals surface area contributed by atoms with Crippen LogP contribution in [0.1, 0.15) is 70.2 Å². The third kappa shape index (κ3) is 7.31. The molecule has 41 heavy (non-hydrogen) atoms. The van der Waals surface area contributed by atoms with Crippen molar-refractivity contribution in [2.45, 2.75) is 77.9 Å². The van der Waals surface area contributed by atoms with E-state index in [-0.39, 0.29) is 23.6 Å². The van der Waals surface area contributed by atoms with Crippen LogP contribution >= 0.6 is 11.3 Å². The number of carboxylic acid groups (broad SMARTS) is 1. The summed E-state index contributed by atoms with van der Waals surface area (Å²) >= 11 is 1.35. The van der Waals surface area contributed by atoms with Crippen molar-refractivity contribution >= 4 is 39.3 Å². The highest BCUT2D eigenvalue weighted by Gasteiger charge is 2.39. The second-order valence-electron chi connectivity index (χ2n) is 12.7. The molecule has 3 fully saturated rings. The van der Waals surface area contributed by atoms with Crippen molar-refractivity contribution in [3.8, 4) is 0 Å². The third-order valence-corrected chi connectivity index (χ3v) is 9.72. The topological polar surface area (TPSA) is 140 Å². The predicted molar refractivity (Wildman–Crippen MR) is 160 cm³/mol. The fourth-order valence-electron chi connectivity index (χ4n) is 6.35. The largest absolute Gasteiger partial charge is 0.478 e. The first-order valence-corrected chi connectivity index (χ1v) is 15.6. The van der Waals surface area contributed by atoms with E-state index in [2.05, 4.69) is 68.5 Å². The number of amides is 1. The van der Waals surface area contributed by atoms with Gasteiger partial charge in [-0.1, -0.05) is 25.2 Å². The molecule has 2 aromatic rings. The fourth-order valence-corrected chi connectivity index (χ4v) is 7.07. The number of aromatic nitrogens is 4. The van der Waals surface area contributed by atoms with Gasteiger partial charge in [0.1, 0.15) is 0 Å². The zero-order valence-electron chi connectivity index (χ0n) is 24.5. The Hall–Kier alpha value is -2.90. The van der Waals surface area contributed by atoms with E-state index in [1.807, 2.05) is 4.90 Å². The van der Waals surface area contributed by atoms with Gasteiger partial charge < -0.3 is 15.3 Å². The Balaban J connectivity index is 1.20. The van der Waals surface area contributed by atoms with Crippen LogP contribution in [0.5, 0.6) is 0 Å². The molecule has 2 atom stereocenters. The summed E-state index contributed by atoms with van der Waals surface area (Å²) in [6.45, 7) is 14.3. The minimum Gasteiger partial charge on any atom is -0.478 e. The van der Waals surface area contributed by atoms with Crippen molar-refractivity contribution in [2.75, 3.05) is 54.8 Å². The van der Waals surface area contributed by atoms with Crippen molar-refractivity contribution in [3.05, 3.63) is 17.8 Å². The summed E-state index contributed by atoms with van der Waals surface area (Å²) < 4.78 is 0. The van der Waals surface area contributed by atoms with E-state index in [0.29, 0.717) is 40.0 Å². The fraction of sp³-hybridized carbons (Fsp3) is 0.714. The molecule has 0 spiro atoms. The van der Waals surface area contributed by atoms with Crippen LogP contribution in [0.15, 0.2) is 12.3 Å². The smallest absolute Gasteiger partial charge is 0.337 e. The molecule has 1 amide bonds. The maximum absolute atomic E-state index is 13.8. The Morgan fingerprint density at radius 3 is 2.37 bits per heavy atom. The van der Waals surface area contributed by atoms with Crippen LogP contribution in [0.25, 0.3) is 0 Å². The summed E-state index contributed by atoms with van der Waals surface area (Å²) in [6, 6.07) is 1.99. The lowest BCUT2D eigenvalue weighted by Crippen LogP contribution is -2.57. The molecule has 2 aromatic heterocycles. The zero-order valence-corrected chi connectivity index (χ0v) is 25.4. The maximum atomic E-state index is 13.8. The Morgan fingerprint density at radius 1 is 1.00 bits per heavy atom. The number of nitrogens with one attached hydrogen (secondary N) is 2. The molecule has 0 bridgehead atoms. The molecule has 2 saturated heterocycles. The van der Waals surface area contributed by atoms with Gasteiger partial charge in [0.2, 0.25) is 16.2 Å². The number of hydrogen-bond acceptors (Lipinski definition) is 11. The summed E-state index contributed by atoms with van der Waals surface area (Å²) in [5.74, 6) is -0.109. The zero-order chi connectivity index (χ0) is 29.1. The van der Waals surface area contributed by atoms with Gasteiger partial charge in [-0.15, -0.1) is 15.3 Å². The molecule has 224 valence electrons.